The van der Waals surface area contributed by atoms with Gasteiger partial charge in [0.05, 0.1) is 44.3 Å². The van der Waals surface area contributed by atoms with Crippen LogP contribution in [0.4, 0.5) is 0 Å². The average molecular weight is 928 g/mol. The molecular formula is C68H41N5. The highest BCUT2D eigenvalue weighted by Gasteiger charge is 2.20. The van der Waals surface area contributed by atoms with Gasteiger partial charge in [-0.05, 0) is 123 Å². The van der Waals surface area contributed by atoms with Gasteiger partial charge in [0, 0.05) is 65.9 Å². The largest absolute Gasteiger partial charge is 0.309 e. The lowest BCUT2D eigenvalue weighted by molar-refractivity contribution is 1.18. The highest BCUT2D eigenvalue weighted by atomic mass is 15.0. The summed E-state index contributed by atoms with van der Waals surface area (Å²) in [4.78, 5) is 10.7. The van der Waals surface area contributed by atoms with Crippen LogP contribution in [0.5, 0.6) is 0 Å². The number of aromatic nitrogens is 5. The van der Waals surface area contributed by atoms with Gasteiger partial charge in [-0.2, -0.15) is 0 Å². The second-order valence-electron chi connectivity index (χ2n) is 19.4. The predicted molar refractivity (Wildman–Crippen MR) is 306 cm³/mol. The maximum Gasteiger partial charge on any atom is 0.161 e. The van der Waals surface area contributed by atoms with Crippen LogP contribution in [0.2, 0.25) is 0 Å². The fourth-order valence-corrected chi connectivity index (χ4v) is 12.0. The summed E-state index contributed by atoms with van der Waals surface area (Å²) in [7, 11) is 0. The van der Waals surface area contributed by atoms with Crippen molar-refractivity contribution in [2.75, 3.05) is 0 Å². The first-order valence-corrected chi connectivity index (χ1v) is 25.0. The van der Waals surface area contributed by atoms with Crippen molar-refractivity contribution >= 4 is 109 Å². The van der Waals surface area contributed by atoms with E-state index in [2.05, 4.69) is 262 Å². The Kier molecular flexibility index (Phi) is 8.39. The van der Waals surface area contributed by atoms with Gasteiger partial charge in [0.25, 0.3) is 0 Å². The number of rotatable bonds is 5. The minimum atomic E-state index is 0.702. The molecule has 0 saturated heterocycles. The Hall–Kier alpha value is -9.84. The molecule has 338 valence electrons. The molecule has 0 aliphatic carbocycles. The number of nitrogens with zero attached hydrogens (tertiary/aromatic N) is 5. The number of hydrogen-bond acceptors (Lipinski definition) is 2. The zero-order valence-corrected chi connectivity index (χ0v) is 39.4. The summed E-state index contributed by atoms with van der Waals surface area (Å²) in [5, 5.41) is 15.5. The number of para-hydroxylation sites is 5. The van der Waals surface area contributed by atoms with Crippen LogP contribution in [-0.2, 0) is 0 Å². The molecule has 16 aromatic rings. The maximum atomic E-state index is 5.47. The zero-order chi connectivity index (χ0) is 47.7. The van der Waals surface area contributed by atoms with E-state index < -0.39 is 0 Å². The molecular weight excluding hydrogens is 887 g/mol. The Morgan fingerprint density at radius 2 is 0.740 bits per heavy atom. The minimum Gasteiger partial charge on any atom is -0.309 e. The fraction of sp³-hybridized carbons (Fsp3) is 0. The lowest BCUT2D eigenvalue weighted by Gasteiger charge is -2.14. The van der Waals surface area contributed by atoms with Gasteiger partial charge in [0.2, 0.25) is 0 Å². The Morgan fingerprint density at radius 1 is 0.247 bits per heavy atom. The molecule has 5 nitrogen and oxygen atoms in total. The van der Waals surface area contributed by atoms with Crippen LogP contribution >= 0.6 is 0 Å². The molecule has 16 rings (SSSR count). The minimum absolute atomic E-state index is 0.702. The van der Waals surface area contributed by atoms with Gasteiger partial charge in [-0.1, -0.05) is 158 Å². The van der Waals surface area contributed by atoms with E-state index in [0.717, 1.165) is 61.1 Å². The van der Waals surface area contributed by atoms with E-state index in [1.807, 2.05) is 0 Å². The molecule has 0 spiro atoms. The van der Waals surface area contributed by atoms with Gasteiger partial charge in [-0.15, -0.1) is 0 Å². The second-order valence-corrected chi connectivity index (χ2v) is 19.4. The Labute approximate surface area is 418 Å². The number of fused-ring (bicyclic) bond motifs is 13. The third-order valence-electron chi connectivity index (χ3n) is 15.3. The average Bonchev–Trinajstić information content (AvgIpc) is 4.08. The van der Waals surface area contributed by atoms with E-state index >= 15 is 0 Å². The summed E-state index contributed by atoms with van der Waals surface area (Å²) < 4.78 is 7.23. The van der Waals surface area contributed by atoms with Gasteiger partial charge >= 0.3 is 0 Å². The standard InChI is InChI=1S/C68H41N5/c1-2-18-48(19-3-1)71-61-26-11-7-20-52(61)55-33-30-46(41-64(55)71)67-57-23-6-10-25-60(57)69-68(70-67)56-24-14-17-45-35-50(32-34-51(45)56)73-63-28-13-9-22-54(63)59-38-47-36-49(31-29-44(47)40-66(59)73)72-62-27-12-8-21-53(62)58-37-42-15-4-5-16-43(42)39-65(58)72/h1-41H. The van der Waals surface area contributed by atoms with Crippen LogP contribution in [0.25, 0.3) is 148 Å². The van der Waals surface area contributed by atoms with Crippen LogP contribution in [0.15, 0.2) is 249 Å². The first-order valence-electron chi connectivity index (χ1n) is 25.0. The SMILES string of the molecule is c1ccc(-n2c3ccccc3c3ccc(-c4nc(-c5cccc6cc(-n7c8ccccc8c8cc9cc(-n%10c%11ccccc%11c%11cc%12ccccc%12cc%11%10)ccc9cc87)ccc56)nc5ccccc45)cc32)cc1. The predicted octanol–water partition coefficient (Wildman–Crippen LogP) is 17.7. The zero-order valence-electron chi connectivity index (χ0n) is 39.4. The van der Waals surface area contributed by atoms with E-state index in [9.17, 15) is 0 Å². The molecule has 0 radical (unpaired) electrons. The summed E-state index contributed by atoms with van der Waals surface area (Å²) in [5.74, 6) is 0.702. The Balaban J connectivity index is 0.833. The molecule has 0 bridgehead atoms. The maximum absolute atomic E-state index is 5.47. The molecule has 0 aliphatic rings. The molecule has 0 amide bonds. The van der Waals surface area contributed by atoms with Crippen LogP contribution in [0, 0.1) is 0 Å². The van der Waals surface area contributed by atoms with Crippen molar-refractivity contribution < 1.29 is 0 Å². The molecule has 12 aromatic carbocycles. The van der Waals surface area contributed by atoms with Gasteiger partial charge in [0.1, 0.15) is 0 Å². The lowest BCUT2D eigenvalue weighted by atomic mass is 10.0. The monoisotopic (exact) mass is 927 g/mol. The molecule has 4 aromatic heterocycles. The quantitative estimate of drug-likeness (QED) is 0.173. The van der Waals surface area contributed by atoms with Crippen molar-refractivity contribution in [3.05, 3.63) is 249 Å². The molecule has 73 heavy (non-hydrogen) atoms. The third kappa shape index (κ3) is 5.97. The summed E-state index contributed by atoms with van der Waals surface area (Å²) >= 11 is 0. The molecule has 0 saturated carbocycles. The van der Waals surface area contributed by atoms with Gasteiger partial charge in [-0.25, -0.2) is 9.97 Å². The molecule has 5 heteroatoms. The highest BCUT2D eigenvalue weighted by molar-refractivity contribution is 6.16. The van der Waals surface area contributed by atoms with E-state index in [-0.39, 0.29) is 0 Å². The van der Waals surface area contributed by atoms with Crippen molar-refractivity contribution in [3.63, 3.8) is 0 Å². The summed E-state index contributed by atoms with van der Waals surface area (Å²) in [5.41, 5.74) is 14.3. The van der Waals surface area contributed by atoms with Crippen molar-refractivity contribution in [3.8, 4) is 39.7 Å². The summed E-state index contributed by atoms with van der Waals surface area (Å²) in [6, 6.07) is 90.5. The third-order valence-corrected chi connectivity index (χ3v) is 15.3. The fourth-order valence-electron chi connectivity index (χ4n) is 12.0. The topological polar surface area (TPSA) is 40.6 Å². The van der Waals surface area contributed by atoms with Crippen LogP contribution in [0.3, 0.4) is 0 Å². The van der Waals surface area contributed by atoms with Gasteiger partial charge in [-0.3, -0.25) is 0 Å². The van der Waals surface area contributed by atoms with Gasteiger partial charge < -0.3 is 13.7 Å². The van der Waals surface area contributed by atoms with Crippen molar-refractivity contribution in [1.29, 1.82) is 0 Å². The van der Waals surface area contributed by atoms with Crippen LogP contribution < -0.4 is 0 Å². The summed E-state index contributed by atoms with van der Waals surface area (Å²) in [6.45, 7) is 0. The molecule has 4 heterocycles. The molecule has 0 unspecified atom stereocenters. The Bertz CT molecular complexity index is 4980. The summed E-state index contributed by atoms with van der Waals surface area (Å²) in [6.07, 6.45) is 0. The number of benzene rings is 12. The molecule has 0 aliphatic heterocycles. The lowest BCUT2D eigenvalue weighted by Crippen LogP contribution is -1.98. The smallest absolute Gasteiger partial charge is 0.161 e. The van der Waals surface area contributed by atoms with Crippen molar-refractivity contribution in [1.82, 2.24) is 23.7 Å². The molecule has 0 atom stereocenters. The van der Waals surface area contributed by atoms with Crippen LogP contribution in [-0.4, -0.2) is 23.7 Å². The van der Waals surface area contributed by atoms with Crippen LogP contribution in [0.1, 0.15) is 0 Å². The van der Waals surface area contributed by atoms with Gasteiger partial charge in [0.15, 0.2) is 5.82 Å². The second kappa shape index (κ2) is 15.3. The van der Waals surface area contributed by atoms with E-state index in [4.69, 9.17) is 9.97 Å². The van der Waals surface area contributed by atoms with E-state index in [0.29, 0.717) is 5.82 Å². The normalized spacial score (nSPS) is 12.1. The van der Waals surface area contributed by atoms with Crippen molar-refractivity contribution in [2.24, 2.45) is 0 Å². The number of hydrogen-bond donors (Lipinski definition) is 0. The van der Waals surface area contributed by atoms with E-state index in [1.165, 1.54) is 81.4 Å². The highest BCUT2D eigenvalue weighted by Crippen LogP contribution is 2.41. The van der Waals surface area contributed by atoms with E-state index in [1.54, 1.807) is 0 Å². The Morgan fingerprint density at radius 3 is 1.45 bits per heavy atom. The molecule has 0 N–H and O–H groups in total. The van der Waals surface area contributed by atoms with Crippen molar-refractivity contribution in [2.45, 2.75) is 0 Å². The first kappa shape index (κ1) is 39.9. The first-order chi connectivity index (χ1) is 36.2. The molecule has 0 fully saturated rings.